The number of rotatable bonds is 30. The van der Waals surface area contributed by atoms with Crippen LogP contribution in [0.5, 0.6) is 0 Å². The zero-order valence-electron chi connectivity index (χ0n) is 62.5. The summed E-state index contributed by atoms with van der Waals surface area (Å²) in [5, 5.41) is 62.4. The maximum absolute atomic E-state index is 12.1. The molecule has 34 heteroatoms. The van der Waals surface area contributed by atoms with Crippen molar-refractivity contribution in [2.24, 2.45) is 0 Å². The first kappa shape index (κ1) is 78.6. The number of Topliss-reactive ketones (excluding diaryl/α,β-unsaturated/α-hetero) is 2. The van der Waals surface area contributed by atoms with Crippen LogP contribution in [0, 0.1) is 20.8 Å². The molecule has 0 atom stereocenters. The van der Waals surface area contributed by atoms with E-state index < -0.39 is 0 Å². The molecule has 17 rings (SSSR count). The normalized spacial score (nSPS) is 12.3. The molecule has 2 aliphatic carbocycles. The maximum Gasteiger partial charge on any atom is 0.271 e. The third-order valence-electron chi connectivity index (χ3n) is 18.9. The smallest absolute Gasteiger partial charge is 0.271 e. The van der Waals surface area contributed by atoms with Crippen molar-refractivity contribution in [1.82, 2.24) is 86.3 Å². The Morgan fingerprint density at radius 1 is 0.372 bits per heavy atom. The number of nitrogens with one attached hydrogen (secondary N) is 17. The molecule has 0 spiro atoms. The zero-order valence-corrected chi connectivity index (χ0v) is 64.9. The van der Waals surface area contributed by atoms with Crippen LogP contribution in [0.4, 0.5) is 27.0 Å². The van der Waals surface area contributed by atoms with Crippen LogP contribution in [-0.2, 0) is 51.3 Å². The number of anilines is 5. The largest absolute Gasteiger partial charge is 0.368 e. The van der Waals surface area contributed by atoms with E-state index in [0.29, 0.717) is 95.9 Å². The van der Waals surface area contributed by atoms with Gasteiger partial charge in [0.2, 0.25) is 11.8 Å². The SMILES string of the molecule is Cc1cnc(NC(=O)CCCc2ccc3c(=O)[nH][nH]c3c2)s1.Cc1cnc(NCCC(=O)Cc2ccc3c(=O)[nH][nH]c3c2)s1.Cc1cnc(NCCCCc2ccc3c(=O)[nH][nH]c3c2)s1.O=C(CCCc1ccc2c(=O)[nH][nH]c2c1)Nc1cc(C2CC2)[nH]n1.O=C(CCNc1cc(C2CC2)[nH]n1)Cc1ccc2c(=O)[nH][nH]c2c1. The number of aromatic nitrogens is 17. The van der Waals surface area contributed by atoms with E-state index in [4.69, 9.17) is 0 Å². The van der Waals surface area contributed by atoms with Gasteiger partial charge in [0, 0.05) is 127 Å². The molecule has 2 amide bonds. The number of hydrogen-bond donors (Lipinski definition) is 17. The molecule has 0 saturated heterocycles. The van der Waals surface area contributed by atoms with Crippen LogP contribution in [0.15, 0.2) is 146 Å². The van der Waals surface area contributed by atoms with E-state index in [1.165, 1.54) is 53.2 Å². The van der Waals surface area contributed by atoms with Gasteiger partial charge in [0.25, 0.3) is 27.8 Å². The van der Waals surface area contributed by atoms with E-state index in [2.05, 4.69) is 120 Å². The van der Waals surface area contributed by atoms with Gasteiger partial charge in [0.15, 0.2) is 21.2 Å². The number of aryl methyl sites for hydroxylation is 6. The summed E-state index contributed by atoms with van der Waals surface area (Å²) in [4.78, 5) is 121. The van der Waals surface area contributed by atoms with Crippen molar-refractivity contribution in [2.75, 3.05) is 46.2 Å². The van der Waals surface area contributed by atoms with Gasteiger partial charge in [-0.05, 0) is 180 Å². The molecule has 586 valence electrons. The lowest BCUT2D eigenvalue weighted by atomic mass is 10.1. The minimum atomic E-state index is -0.143. The molecule has 0 radical (unpaired) electrons. The lowest BCUT2D eigenvalue weighted by molar-refractivity contribution is -0.119. The highest BCUT2D eigenvalue weighted by molar-refractivity contribution is 7.16. The second-order valence-electron chi connectivity index (χ2n) is 28.1. The molecule has 0 aliphatic heterocycles. The molecule has 10 aromatic heterocycles. The number of unbranched alkanes of at least 4 members (excludes halogenated alkanes) is 1. The summed E-state index contributed by atoms with van der Waals surface area (Å²) >= 11 is 4.73. The van der Waals surface area contributed by atoms with E-state index in [0.717, 1.165) is 138 Å². The fraction of sp³-hybridized carbons (Fsp3) is 0.316. The Hall–Kier alpha value is -12.6. The standard InChI is InChI=1S/2C17H19N5O2.2C15H16N4O2S.C15H18N4OS/c23-12(5-6-18-16-9-14(19-21-16)11-2-3-11)7-10-1-4-13-15(8-10)20-22-17(13)24;23-16(18-15-9-13(19-21-15)11-5-6-11)3-1-2-10-4-7-12-14(8-10)20-22-17(12)24;1-9-8-17-15(22-9)16-5-4-11(20)6-10-2-3-12-13(7-10)18-19-14(12)21;1-9-8-16-15(22-9)17-13(20)4-2-3-10-5-6-11-12(7-10)18-19-14(11)21;1-10-9-17-15(21-10)16-7-3-2-4-11-5-6-12-13(8-11)18-19-14(12)20/h1,4,8-9,11H,2-3,5-7H2,(H2,18,19,21)(H2,20,22,24);4,7-9,11H,1-3,5-6H2,(H2,20,22,24)(H2,18,19,21,23);2-3,7-8H,4-6H2,1H3,(H,16,17)(H2,18,19,21);5-8H,2-4H2,1H3,(H,16,17,20)(H2,18,19,21);5-6,8-9H,2-4,7H2,1H3,(H,16,17)(H2,18,19,20). The summed E-state index contributed by atoms with van der Waals surface area (Å²) in [6.07, 6.45) is 19.1. The Bertz CT molecular complexity index is 6070. The van der Waals surface area contributed by atoms with Crippen LogP contribution in [0.2, 0.25) is 0 Å². The number of nitrogens with zero attached hydrogens (tertiary/aromatic N) is 5. The summed E-state index contributed by atoms with van der Waals surface area (Å²) < 4.78 is 0. The number of benzene rings is 5. The van der Waals surface area contributed by atoms with Gasteiger partial charge in [-0.25, -0.2) is 15.0 Å². The van der Waals surface area contributed by atoms with Crippen LogP contribution >= 0.6 is 34.0 Å². The first-order valence-electron chi connectivity index (χ1n) is 37.5. The number of carbonyl (C=O) groups excluding carboxylic acids is 4. The van der Waals surface area contributed by atoms with E-state index in [-0.39, 0.29) is 51.2 Å². The number of H-pyrrole nitrogens is 12. The molecule has 2 aliphatic rings. The van der Waals surface area contributed by atoms with Gasteiger partial charge in [0.05, 0.1) is 54.5 Å². The summed E-state index contributed by atoms with van der Waals surface area (Å²) in [5.41, 5.74) is 10.9. The average Bonchev–Trinajstić information content (AvgIpc) is 1.74. The molecule has 5 aromatic carbocycles. The van der Waals surface area contributed by atoms with E-state index in [1.807, 2.05) is 111 Å². The Morgan fingerprint density at radius 3 is 1.12 bits per heavy atom. The fourth-order valence-corrected chi connectivity index (χ4v) is 14.7. The Balaban J connectivity index is 0.000000124. The van der Waals surface area contributed by atoms with Crippen molar-refractivity contribution in [1.29, 1.82) is 0 Å². The monoisotopic (exact) mass is 1580 g/mol. The molecule has 113 heavy (non-hydrogen) atoms. The summed E-state index contributed by atoms with van der Waals surface area (Å²) in [6, 6.07) is 32.1. The second kappa shape index (κ2) is 37.4. The summed E-state index contributed by atoms with van der Waals surface area (Å²) in [7, 11) is 0. The quantitative estimate of drug-likeness (QED) is 0.0186. The van der Waals surface area contributed by atoms with Gasteiger partial charge < -0.3 is 26.6 Å². The highest BCUT2D eigenvalue weighted by Gasteiger charge is 2.27. The van der Waals surface area contributed by atoms with Gasteiger partial charge in [-0.15, -0.1) is 34.0 Å². The Morgan fingerprint density at radius 2 is 0.717 bits per heavy atom. The zero-order chi connectivity index (χ0) is 78.7. The summed E-state index contributed by atoms with van der Waals surface area (Å²) in [5.74, 6) is 2.90. The number of amides is 2. The van der Waals surface area contributed by atoms with Crippen molar-refractivity contribution in [3.8, 4) is 0 Å². The lowest BCUT2D eigenvalue weighted by Crippen LogP contribution is -2.11. The first-order chi connectivity index (χ1) is 54.8. The van der Waals surface area contributed by atoms with Crippen molar-refractivity contribution in [3.05, 3.63) is 227 Å². The van der Waals surface area contributed by atoms with Crippen LogP contribution in [0.3, 0.4) is 0 Å². The predicted octanol–water partition coefficient (Wildman–Crippen LogP) is 12.4. The van der Waals surface area contributed by atoms with E-state index >= 15 is 0 Å². The minimum absolute atomic E-state index is 0.0227. The Labute approximate surface area is 656 Å². The Kier molecular flexibility index (Phi) is 26.0. The van der Waals surface area contributed by atoms with Crippen molar-refractivity contribution in [3.63, 3.8) is 0 Å². The fourth-order valence-electron chi connectivity index (χ4n) is 12.6. The number of hydrogen-bond acceptors (Lipinski definition) is 20. The topological polar surface area (TPSA) is 468 Å². The van der Waals surface area contributed by atoms with E-state index in [9.17, 15) is 43.2 Å². The number of ketones is 2. The highest BCUT2D eigenvalue weighted by atomic mass is 32.1. The van der Waals surface area contributed by atoms with Crippen molar-refractivity contribution < 1.29 is 19.2 Å². The van der Waals surface area contributed by atoms with Crippen LogP contribution in [-0.4, -0.2) is 129 Å². The number of aromatic amines is 12. The molecule has 2 fully saturated rings. The summed E-state index contributed by atoms with van der Waals surface area (Å²) in [6.45, 7) is 8.09. The molecular formula is C79H88N22O9S3. The number of carbonyl (C=O) groups is 4. The molecule has 15 aromatic rings. The minimum Gasteiger partial charge on any atom is -0.368 e. The average molecular weight is 1590 g/mol. The molecule has 0 unspecified atom stereocenters. The molecule has 0 bridgehead atoms. The third-order valence-corrected chi connectivity index (χ3v) is 21.5. The molecule has 10 heterocycles. The predicted molar refractivity (Wildman–Crippen MR) is 444 cm³/mol. The van der Waals surface area contributed by atoms with Gasteiger partial charge in [-0.3, -0.25) is 104 Å². The molecule has 17 N–H and O–H groups in total. The molecule has 31 nitrogen and oxygen atoms in total. The highest BCUT2D eigenvalue weighted by Crippen LogP contribution is 2.40. The third kappa shape index (κ3) is 22.6. The number of thiazole rings is 3. The van der Waals surface area contributed by atoms with Gasteiger partial charge in [0.1, 0.15) is 17.4 Å². The van der Waals surface area contributed by atoms with Crippen LogP contribution in [0.25, 0.3) is 54.5 Å². The van der Waals surface area contributed by atoms with E-state index in [1.54, 1.807) is 47.1 Å². The van der Waals surface area contributed by atoms with Gasteiger partial charge in [-0.2, -0.15) is 10.2 Å². The van der Waals surface area contributed by atoms with Crippen LogP contribution in [0.1, 0.15) is 143 Å². The number of fused-ring (bicyclic) bond motifs is 5. The van der Waals surface area contributed by atoms with Crippen molar-refractivity contribution >= 4 is 139 Å². The van der Waals surface area contributed by atoms with Gasteiger partial charge >= 0.3 is 0 Å². The maximum atomic E-state index is 12.1. The molecular weight excluding hydrogens is 1500 g/mol. The lowest BCUT2D eigenvalue weighted by Gasteiger charge is -2.03. The second-order valence-corrected chi connectivity index (χ2v) is 31.8. The van der Waals surface area contributed by atoms with Crippen LogP contribution < -0.4 is 54.4 Å². The van der Waals surface area contributed by atoms with Gasteiger partial charge in [-0.1, -0.05) is 30.3 Å². The molecule has 2 saturated carbocycles. The first-order valence-corrected chi connectivity index (χ1v) is 40.0. The van der Waals surface area contributed by atoms with Crippen molar-refractivity contribution in [2.45, 2.75) is 142 Å².